The summed E-state index contributed by atoms with van der Waals surface area (Å²) in [4.78, 5) is 35.0. The second kappa shape index (κ2) is 7.98. The van der Waals surface area contributed by atoms with Crippen LogP contribution < -0.4 is 0 Å². The molecule has 1 saturated carbocycles. The van der Waals surface area contributed by atoms with E-state index >= 15 is 0 Å². The number of halogens is 2. The summed E-state index contributed by atoms with van der Waals surface area (Å²) in [5, 5.41) is 0. The van der Waals surface area contributed by atoms with Gasteiger partial charge in [-0.3, -0.25) is 19.5 Å². The van der Waals surface area contributed by atoms with Gasteiger partial charge >= 0.3 is 0 Å². The zero-order chi connectivity index (χ0) is 20.8. The topological polar surface area (TPSA) is 62.2 Å². The molecule has 0 spiro atoms. The molecular weight excluding hydrogens is 453 g/mol. The molecule has 1 aromatic carbocycles. The Bertz CT molecular complexity index is 970. The lowest BCUT2D eigenvalue weighted by Gasteiger charge is -2.29. The summed E-state index contributed by atoms with van der Waals surface area (Å²) in [6, 6.07) is 4.77. The van der Waals surface area contributed by atoms with Crippen LogP contribution in [-0.2, 0) is 14.3 Å². The number of carbonyl (C=O) groups excluding carboxylic acids is 2. The molecule has 5 rings (SSSR count). The third kappa shape index (κ3) is 3.44. The van der Waals surface area contributed by atoms with E-state index in [1.165, 1.54) is 6.07 Å². The van der Waals surface area contributed by atoms with Gasteiger partial charge in [-0.05, 0) is 40.0 Å². The van der Waals surface area contributed by atoms with E-state index in [1.807, 2.05) is 4.90 Å². The summed E-state index contributed by atoms with van der Waals surface area (Å²) in [5.41, 5.74) is 3.03. The third-order valence-electron chi connectivity index (χ3n) is 6.52. The third-order valence-corrected chi connectivity index (χ3v) is 7.13. The zero-order valence-corrected chi connectivity index (χ0v) is 18.2. The second-order valence-corrected chi connectivity index (χ2v) is 9.09. The fourth-order valence-corrected chi connectivity index (χ4v) is 5.36. The Labute approximate surface area is 182 Å². The quantitative estimate of drug-likeness (QED) is 0.671. The number of benzene rings is 1. The van der Waals surface area contributed by atoms with Gasteiger partial charge in [-0.15, -0.1) is 0 Å². The number of aliphatic imine (C=N–C) groups is 1. The average Bonchev–Trinajstić information content (AvgIpc) is 3.27. The van der Waals surface area contributed by atoms with Crippen molar-refractivity contribution in [1.29, 1.82) is 0 Å². The Morgan fingerprint density at radius 2 is 1.93 bits per heavy atom. The lowest BCUT2D eigenvalue weighted by molar-refractivity contribution is -0.126. The predicted molar refractivity (Wildman–Crippen MR) is 113 cm³/mol. The van der Waals surface area contributed by atoms with E-state index in [4.69, 9.17) is 9.73 Å². The largest absolute Gasteiger partial charge is 0.379 e. The molecule has 4 aliphatic rings. The smallest absolute Gasteiger partial charge is 0.252 e. The first kappa shape index (κ1) is 20.0. The Kier molecular flexibility index (Phi) is 5.33. The van der Waals surface area contributed by atoms with Crippen molar-refractivity contribution in [3.63, 3.8) is 0 Å². The lowest BCUT2D eigenvalue weighted by Crippen LogP contribution is -2.42. The molecule has 8 heteroatoms. The van der Waals surface area contributed by atoms with Gasteiger partial charge in [0.15, 0.2) is 0 Å². The van der Waals surface area contributed by atoms with Crippen molar-refractivity contribution < 1.29 is 18.7 Å². The zero-order valence-electron chi connectivity index (χ0n) is 16.6. The summed E-state index contributed by atoms with van der Waals surface area (Å²) >= 11 is 3.25. The average molecular weight is 476 g/mol. The number of amides is 1. The molecule has 0 aromatic heterocycles. The minimum Gasteiger partial charge on any atom is -0.379 e. The number of Topliss-reactive ketones (excluding diaryl/α,β-unsaturated/α-hetero) is 1. The van der Waals surface area contributed by atoms with Crippen LogP contribution in [-0.4, -0.2) is 73.1 Å². The van der Waals surface area contributed by atoms with Crippen LogP contribution in [0.15, 0.2) is 38.9 Å². The molecule has 0 bridgehead atoms. The van der Waals surface area contributed by atoms with Crippen LogP contribution in [0.5, 0.6) is 0 Å². The number of nitrogens with zero attached hydrogens (tertiary/aromatic N) is 3. The first-order valence-electron chi connectivity index (χ1n) is 10.4. The molecule has 2 unspecified atom stereocenters. The van der Waals surface area contributed by atoms with Crippen LogP contribution in [0.25, 0.3) is 0 Å². The van der Waals surface area contributed by atoms with Gasteiger partial charge in [0.25, 0.3) is 5.91 Å². The molecular formula is C22H23BrFN3O3. The Morgan fingerprint density at radius 1 is 1.13 bits per heavy atom. The van der Waals surface area contributed by atoms with Gasteiger partial charge < -0.3 is 9.64 Å². The summed E-state index contributed by atoms with van der Waals surface area (Å²) in [6.07, 6.45) is 1.10. The Morgan fingerprint density at radius 3 is 2.70 bits per heavy atom. The summed E-state index contributed by atoms with van der Waals surface area (Å²) in [6.45, 7) is 5.09. The monoisotopic (exact) mass is 475 g/mol. The van der Waals surface area contributed by atoms with E-state index in [1.54, 1.807) is 12.1 Å². The van der Waals surface area contributed by atoms with Crippen molar-refractivity contribution in [3.05, 3.63) is 45.3 Å². The van der Waals surface area contributed by atoms with Gasteiger partial charge in [0, 0.05) is 49.8 Å². The maximum Gasteiger partial charge on any atom is 0.252 e. The molecule has 3 aliphatic heterocycles. The van der Waals surface area contributed by atoms with Crippen molar-refractivity contribution >= 4 is 33.3 Å². The molecule has 1 amide bonds. The van der Waals surface area contributed by atoms with Gasteiger partial charge in [0.05, 0.1) is 35.8 Å². The van der Waals surface area contributed by atoms with Crippen molar-refractivity contribution in [1.82, 2.24) is 9.80 Å². The van der Waals surface area contributed by atoms with Crippen molar-refractivity contribution in [3.8, 4) is 0 Å². The minimum absolute atomic E-state index is 0.0498. The maximum absolute atomic E-state index is 13.9. The summed E-state index contributed by atoms with van der Waals surface area (Å²) in [5.74, 6) is -1.10. The molecule has 2 atom stereocenters. The lowest BCUT2D eigenvalue weighted by atomic mass is 9.76. The van der Waals surface area contributed by atoms with Crippen LogP contribution in [0.1, 0.15) is 24.3 Å². The van der Waals surface area contributed by atoms with E-state index in [-0.39, 0.29) is 23.4 Å². The highest BCUT2D eigenvalue weighted by atomic mass is 79.9. The van der Waals surface area contributed by atoms with Gasteiger partial charge in [0.2, 0.25) is 0 Å². The van der Waals surface area contributed by atoms with Crippen molar-refractivity contribution in [2.75, 3.05) is 45.9 Å². The fraction of sp³-hybridized carbons (Fsp3) is 0.500. The SMILES string of the molecule is O=C1CCC2=NC3=C(C(=O)N(CCN4CCOCC4)C3)C(c3ccc(F)c(Br)c3)C12. The molecule has 3 heterocycles. The van der Waals surface area contributed by atoms with Crippen LogP contribution in [0.2, 0.25) is 0 Å². The van der Waals surface area contributed by atoms with Crippen molar-refractivity contribution in [2.45, 2.75) is 18.8 Å². The highest BCUT2D eigenvalue weighted by Gasteiger charge is 2.48. The number of ether oxygens (including phenoxy) is 1. The first-order chi connectivity index (χ1) is 14.5. The van der Waals surface area contributed by atoms with E-state index < -0.39 is 5.92 Å². The molecule has 1 saturated heterocycles. The first-order valence-corrected chi connectivity index (χ1v) is 11.2. The van der Waals surface area contributed by atoms with E-state index in [9.17, 15) is 14.0 Å². The van der Waals surface area contributed by atoms with E-state index in [0.29, 0.717) is 36.0 Å². The number of carbonyl (C=O) groups is 2. The van der Waals surface area contributed by atoms with Gasteiger partial charge in [-0.25, -0.2) is 4.39 Å². The van der Waals surface area contributed by atoms with Crippen LogP contribution in [0, 0.1) is 11.7 Å². The molecule has 0 radical (unpaired) electrons. The second-order valence-electron chi connectivity index (χ2n) is 8.24. The fourth-order valence-electron chi connectivity index (χ4n) is 4.96. The van der Waals surface area contributed by atoms with Gasteiger partial charge in [-0.1, -0.05) is 6.07 Å². The number of ketones is 1. The summed E-state index contributed by atoms with van der Waals surface area (Å²) in [7, 11) is 0. The number of hydrogen-bond donors (Lipinski definition) is 0. The number of rotatable bonds is 4. The van der Waals surface area contributed by atoms with Crippen LogP contribution in [0.4, 0.5) is 4.39 Å². The standard InChI is InChI=1S/C22H23BrFN3O3/c23-14-11-13(1-2-15(14)24)19-20-16(3-4-18(20)28)25-17-12-27(22(29)21(17)19)6-5-26-7-9-30-10-8-26/h1-2,11,19-20H,3-10,12H2. The predicted octanol–water partition coefficient (Wildman–Crippen LogP) is 2.53. The maximum atomic E-state index is 13.9. The van der Waals surface area contributed by atoms with Crippen molar-refractivity contribution in [2.24, 2.45) is 10.9 Å². The Balaban J connectivity index is 1.44. The normalized spacial score (nSPS) is 26.9. The molecule has 2 fully saturated rings. The molecule has 1 aliphatic carbocycles. The molecule has 158 valence electrons. The van der Waals surface area contributed by atoms with E-state index in [0.717, 1.165) is 49.8 Å². The number of fused-ring (bicyclic) bond motifs is 1. The van der Waals surface area contributed by atoms with Crippen LogP contribution >= 0.6 is 15.9 Å². The van der Waals surface area contributed by atoms with Gasteiger partial charge in [-0.2, -0.15) is 0 Å². The van der Waals surface area contributed by atoms with E-state index in [2.05, 4.69) is 20.8 Å². The molecule has 30 heavy (non-hydrogen) atoms. The van der Waals surface area contributed by atoms with Gasteiger partial charge in [0.1, 0.15) is 11.6 Å². The molecule has 1 aromatic rings. The van der Waals surface area contributed by atoms with Crippen LogP contribution in [0.3, 0.4) is 0 Å². The highest BCUT2D eigenvalue weighted by Crippen LogP contribution is 2.46. The number of hydrogen-bond acceptors (Lipinski definition) is 5. The molecule has 0 N–H and O–H groups in total. The Hall–Kier alpha value is -1.90. The molecule has 6 nitrogen and oxygen atoms in total. The number of morpholine rings is 1. The highest BCUT2D eigenvalue weighted by molar-refractivity contribution is 9.10. The minimum atomic E-state index is -0.413. The summed E-state index contributed by atoms with van der Waals surface area (Å²) < 4.78 is 19.6.